The SMILES string of the molecule is COCc1cc(C[C@H]2CNCC[C@H]2CC(=O)N2CCN(c3ccccc3)CC2)no1. The van der Waals surface area contributed by atoms with Crippen molar-refractivity contribution >= 4 is 11.6 Å². The van der Waals surface area contributed by atoms with Gasteiger partial charge in [-0.25, -0.2) is 0 Å². The fourth-order valence-corrected chi connectivity index (χ4v) is 4.62. The molecule has 0 unspecified atom stereocenters. The lowest BCUT2D eigenvalue weighted by atomic mass is 9.81. The number of piperidine rings is 1. The Morgan fingerprint density at radius 3 is 2.77 bits per heavy atom. The van der Waals surface area contributed by atoms with Gasteiger partial charge < -0.3 is 24.4 Å². The monoisotopic (exact) mass is 412 g/mol. The highest BCUT2D eigenvalue weighted by atomic mass is 16.5. The maximum Gasteiger partial charge on any atom is 0.222 e. The minimum atomic E-state index is 0.292. The van der Waals surface area contributed by atoms with Crippen LogP contribution in [0.3, 0.4) is 0 Å². The third-order valence-corrected chi connectivity index (χ3v) is 6.32. The quantitative estimate of drug-likeness (QED) is 0.753. The average Bonchev–Trinajstić information content (AvgIpc) is 3.23. The number of hydrogen-bond donors (Lipinski definition) is 1. The van der Waals surface area contributed by atoms with Crippen LogP contribution in [0.1, 0.15) is 24.3 Å². The number of carbonyl (C=O) groups excluding carboxylic acids is 1. The highest BCUT2D eigenvalue weighted by Gasteiger charge is 2.30. The van der Waals surface area contributed by atoms with Crippen molar-refractivity contribution in [3.63, 3.8) is 0 Å². The van der Waals surface area contributed by atoms with Crippen LogP contribution in [0.15, 0.2) is 40.9 Å². The number of nitrogens with one attached hydrogen (secondary N) is 1. The number of methoxy groups -OCH3 is 1. The van der Waals surface area contributed by atoms with Crippen molar-refractivity contribution in [2.75, 3.05) is 51.3 Å². The topological polar surface area (TPSA) is 70.8 Å². The van der Waals surface area contributed by atoms with Crippen LogP contribution in [0.4, 0.5) is 5.69 Å². The van der Waals surface area contributed by atoms with Gasteiger partial charge in [-0.15, -0.1) is 0 Å². The van der Waals surface area contributed by atoms with Crippen LogP contribution in [0, 0.1) is 11.8 Å². The van der Waals surface area contributed by atoms with Gasteiger partial charge in [0.25, 0.3) is 0 Å². The number of rotatable bonds is 7. The summed E-state index contributed by atoms with van der Waals surface area (Å²) in [4.78, 5) is 17.4. The number of carbonyl (C=O) groups is 1. The molecule has 1 aromatic heterocycles. The molecule has 0 bridgehead atoms. The van der Waals surface area contributed by atoms with Crippen LogP contribution in [-0.2, 0) is 22.6 Å². The highest BCUT2D eigenvalue weighted by molar-refractivity contribution is 5.77. The zero-order valence-electron chi connectivity index (χ0n) is 17.8. The number of nitrogens with zero attached hydrogens (tertiary/aromatic N) is 3. The van der Waals surface area contributed by atoms with Gasteiger partial charge in [0.15, 0.2) is 5.76 Å². The van der Waals surface area contributed by atoms with E-state index in [1.54, 1.807) is 7.11 Å². The number of benzene rings is 1. The lowest BCUT2D eigenvalue weighted by molar-refractivity contribution is -0.133. The van der Waals surface area contributed by atoms with Gasteiger partial charge in [0.2, 0.25) is 5.91 Å². The first kappa shape index (κ1) is 20.9. The summed E-state index contributed by atoms with van der Waals surface area (Å²) in [5.41, 5.74) is 2.19. The summed E-state index contributed by atoms with van der Waals surface area (Å²) in [6.45, 7) is 5.72. The van der Waals surface area contributed by atoms with Gasteiger partial charge in [-0.3, -0.25) is 4.79 Å². The Kier molecular flexibility index (Phi) is 7.02. The maximum atomic E-state index is 13.0. The molecule has 4 rings (SSSR count). The summed E-state index contributed by atoms with van der Waals surface area (Å²) >= 11 is 0. The lowest BCUT2D eigenvalue weighted by Gasteiger charge is -2.38. The van der Waals surface area contributed by atoms with Crippen molar-refractivity contribution in [3.8, 4) is 0 Å². The van der Waals surface area contributed by atoms with Gasteiger partial charge in [0, 0.05) is 51.5 Å². The number of piperazine rings is 1. The molecule has 0 radical (unpaired) electrons. The van der Waals surface area contributed by atoms with E-state index in [0.29, 0.717) is 30.8 Å². The second kappa shape index (κ2) is 10.1. The molecule has 2 saturated heterocycles. The van der Waals surface area contributed by atoms with Crippen LogP contribution in [0.25, 0.3) is 0 Å². The van der Waals surface area contributed by atoms with Crippen molar-refractivity contribution in [3.05, 3.63) is 47.9 Å². The number of para-hydroxylation sites is 1. The third-order valence-electron chi connectivity index (χ3n) is 6.32. The lowest BCUT2D eigenvalue weighted by Crippen LogP contribution is -2.50. The van der Waals surface area contributed by atoms with E-state index >= 15 is 0 Å². The molecular weight excluding hydrogens is 380 g/mol. The fraction of sp³-hybridized carbons (Fsp3) is 0.565. The highest BCUT2D eigenvalue weighted by Crippen LogP contribution is 2.27. The van der Waals surface area contributed by atoms with Crippen LogP contribution < -0.4 is 10.2 Å². The van der Waals surface area contributed by atoms with Crippen LogP contribution in [0.5, 0.6) is 0 Å². The molecule has 162 valence electrons. The van der Waals surface area contributed by atoms with E-state index in [4.69, 9.17) is 9.26 Å². The van der Waals surface area contributed by atoms with Gasteiger partial charge >= 0.3 is 0 Å². The average molecular weight is 413 g/mol. The van der Waals surface area contributed by atoms with E-state index < -0.39 is 0 Å². The molecule has 1 aromatic carbocycles. The molecule has 2 atom stereocenters. The number of hydrogen-bond acceptors (Lipinski definition) is 6. The summed E-state index contributed by atoms with van der Waals surface area (Å²) < 4.78 is 10.4. The molecule has 1 amide bonds. The molecule has 7 nitrogen and oxygen atoms in total. The smallest absolute Gasteiger partial charge is 0.222 e. The minimum Gasteiger partial charge on any atom is -0.377 e. The Labute approximate surface area is 178 Å². The summed E-state index contributed by atoms with van der Waals surface area (Å²) in [5, 5.41) is 7.66. The van der Waals surface area contributed by atoms with Gasteiger partial charge in [-0.2, -0.15) is 0 Å². The molecule has 30 heavy (non-hydrogen) atoms. The van der Waals surface area contributed by atoms with E-state index in [1.165, 1.54) is 5.69 Å². The normalized spacial score (nSPS) is 22.3. The van der Waals surface area contributed by atoms with Crippen LogP contribution in [0.2, 0.25) is 0 Å². The van der Waals surface area contributed by atoms with Crippen molar-refractivity contribution in [2.24, 2.45) is 11.8 Å². The zero-order valence-corrected chi connectivity index (χ0v) is 17.8. The largest absolute Gasteiger partial charge is 0.377 e. The molecule has 2 fully saturated rings. The summed E-state index contributed by atoms with van der Waals surface area (Å²) in [6, 6.07) is 12.4. The van der Waals surface area contributed by atoms with E-state index in [-0.39, 0.29) is 0 Å². The summed E-state index contributed by atoms with van der Waals surface area (Å²) in [7, 11) is 1.65. The van der Waals surface area contributed by atoms with Crippen LogP contribution in [-0.4, -0.2) is 62.3 Å². The fourth-order valence-electron chi connectivity index (χ4n) is 4.62. The molecule has 1 N–H and O–H groups in total. The third kappa shape index (κ3) is 5.21. The Morgan fingerprint density at radius 1 is 1.20 bits per heavy atom. The second-order valence-electron chi connectivity index (χ2n) is 8.34. The summed E-state index contributed by atoms with van der Waals surface area (Å²) in [5.74, 6) is 1.82. The van der Waals surface area contributed by atoms with Gasteiger partial charge in [0.1, 0.15) is 6.61 Å². The predicted molar refractivity (Wildman–Crippen MR) is 115 cm³/mol. The molecule has 0 spiro atoms. The molecular formula is C23H32N4O3. The minimum absolute atomic E-state index is 0.292. The first-order chi connectivity index (χ1) is 14.7. The predicted octanol–water partition coefficient (Wildman–Crippen LogP) is 2.33. The van der Waals surface area contributed by atoms with E-state index in [2.05, 4.69) is 39.6 Å². The van der Waals surface area contributed by atoms with Crippen molar-refractivity contribution in [2.45, 2.75) is 25.9 Å². The molecule has 0 saturated carbocycles. The van der Waals surface area contributed by atoms with Crippen molar-refractivity contribution in [1.29, 1.82) is 0 Å². The summed E-state index contributed by atoms with van der Waals surface area (Å²) in [6.07, 6.45) is 2.49. The number of aromatic nitrogens is 1. The first-order valence-electron chi connectivity index (χ1n) is 10.9. The van der Waals surface area contributed by atoms with Gasteiger partial charge in [-0.1, -0.05) is 23.4 Å². The standard InChI is InChI=1S/C23H32N4O3/c1-29-17-22-15-20(25-30-22)13-19-16-24-8-7-18(19)14-23(28)27-11-9-26(10-12-27)21-5-3-2-4-6-21/h2-6,15,18-19,24H,7-14,16-17H2,1H3/t18-,19-/m0/s1. The Hall–Kier alpha value is -2.38. The maximum absolute atomic E-state index is 13.0. The molecule has 2 aromatic rings. The molecule has 2 aliphatic heterocycles. The Morgan fingerprint density at radius 2 is 2.00 bits per heavy atom. The van der Waals surface area contributed by atoms with E-state index in [1.807, 2.05) is 17.0 Å². The first-order valence-corrected chi connectivity index (χ1v) is 10.9. The molecule has 0 aliphatic carbocycles. The Bertz CT molecular complexity index is 802. The van der Waals surface area contributed by atoms with Crippen molar-refractivity contribution in [1.82, 2.24) is 15.4 Å². The van der Waals surface area contributed by atoms with Gasteiger partial charge in [0.05, 0.1) is 5.69 Å². The van der Waals surface area contributed by atoms with E-state index in [9.17, 15) is 4.79 Å². The van der Waals surface area contributed by atoms with Crippen molar-refractivity contribution < 1.29 is 14.1 Å². The van der Waals surface area contributed by atoms with E-state index in [0.717, 1.165) is 63.6 Å². The molecule has 3 heterocycles. The number of ether oxygens (including phenoxy) is 1. The Balaban J connectivity index is 1.30. The number of anilines is 1. The zero-order chi connectivity index (χ0) is 20.8. The second-order valence-corrected chi connectivity index (χ2v) is 8.34. The molecule has 2 aliphatic rings. The van der Waals surface area contributed by atoms with Gasteiger partial charge in [-0.05, 0) is 49.9 Å². The van der Waals surface area contributed by atoms with Crippen LogP contribution >= 0.6 is 0 Å². The number of amides is 1. The molecule has 7 heteroatoms.